The number of aromatic nitrogens is 1. The van der Waals surface area contributed by atoms with E-state index in [-0.39, 0.29) is 0 Å². The summed E-state index contributed by atoms with van der Waals surface area (Å²) in [7, 11) is 0. The highest BCUT2D eigenvalue weighted by Gasteiger charge is 2.24. The zero-order valence-corrected chi connectivity index (χ0v) is 11.1. The van der Waals surface area contributed by atoms with E-state index in [0.717, 1.165) is 43.8 Å². The summed E-state index contributed by atoms with van der Waals surface area (Å²) in [5.41, 5.74) is 2.47. The van der Waals surface area contributed by atoms with Crippen molar-refractivity contribution in [2.45, 2.75) is 26.3 Å². The van der Waals surface area contributed by atoms with E-state index in [0.29, 0.717) is 11.6 Å². The highest BCUT2D eigenvalue weighted by atomic mass is 16.4. The van der Waals surface area contributed by atoms with Crippen molar-refractivity contribution in [3.63, 3.8) is 0 Å². The van der Waals surface area contributed by atoms with Crippen LogP contribution in [-0.4, -0.2) is 33.9 Å². The Balaban J connectivity index is 2.02. The molecular formula is C14H18N4O. The van der Waals surface area contributed by atoms with Crippen LogP contribution < -0.4 is 0 Å². The summed E-state index contributed by atoms with van der Waals surface area (Å²) in [6.07, 6.45) is 3.47. The molecule has 5 heteroatoms. The predicted molar refractivity (Wildman–Crippen MR) is 71.8 cm³/mol. The number of nitriles is 1. The molecule has 0 spiro atoms. The first-order chi connectivity index (χ1) is 9.26. The standard InChI is InChI=1S/C14H18N4O/c1-2-12-10-18(6-4-14(12)17-19)9-11-3-5-16-13(7-11)8-15/h3,5,7,12,19H,2,4,6,9-10H2,1H3/b17-14+. The lowest BCUT2D eigenvalue weighted by molar-refractivity contribution is 0.220. The first kappa shape index (κ1) is 13.5. The van der Waals surface area contributed by atoms with Crippen LogP contribution in [0.25, 0.3) is 0 Å². The van der Waals surface area contributed by atoms with Crippen LogP contribution in [0.1, 0.15) is 31.0 Å². The number of piperidine rings is 1. The van der Waals surface area contributed by atoms with Crippen molar-refractivity contribution in [2.24, 2.45) is 11.1 Å². The molecule has 0 radical (unpaired) electrons. The average molecular weight is 258 g/mol. The third-order valence-corrected chi connectivity index (χ3v) is 3.60. The second-order valence-electron chi connectivity index (χ2n) is 4.84. The summed E-state index contributed by atoms with van der Waals surface area (Å²) in [5.74, 6) is 0.330. The predicted octanol–water partition coefficient (Wildman–Crippen LogP) is 2.02. The number of hydrogen-bond acceptors (Lipinski definition) is 5. The molecule has 5 nitrogen and oxygen atoms in total. The van der Waals surface area contributed by atoms with Gasteiger partial charge in [-0.1, -0.05) is 12.1 Å². The quantitative estimate of drug-likeness (QED) is 0.665. The molecule has 1 aromatic rings. The Kier molecular flexibility index (Phi) is 4.48. The Morgan fingerprint density at radius 1 is 1.63 bits per heavy atom. The molecular weight excluding hydrogens is 240 g/mol. The van der Waals surface area contributed by atoms with Gasteiger partial charge in [-0.15, -0.1) is 0 Å². The molecule has 0 aliphatic carbocycles. The minimum atomic E-state index is 0.330. The largest absolute Gasteiger partial charge is 0.411 e. The summed E-state index contributed by atoms with van der Waals surface area (Å²) >= 11 is 0. The smallest absolute Gasteiger partial charge is 0.140 e. The maximum absolute atomic E-state index is 8.96. The van der Waals surface area contributed by atoms with Crippen molar-refractivity contribution in [3.05, 3.63) is 29.6 Å². The molecule has 1 atom stereocenters. The zero-order chi connectivity index (χ0) is 13.7. The number of oxime groups is 1. The van der Waals surface area contributed by atoms with Gasteiger partial charge in [-0.25, -0.2) is 4.98 Å². The van der Waals surface area contributed by atoms with Gasteiger partial charge in [0, 0.05) is 38.2 Å². The second-order valence-corrected chi connectivity index (χ2v) is 4.84. The van der Waals surface area contributed by atoms with E-state index in [1.54, 1.807) is 6.20 Å². The SMILES string of the molecule is CCC1CN(Cc2ccnc(C#N)c2)CC/C1=N\O. The average Bonchev–Trinajstić information content (AvgIpc) is 2.47. The number of pyridine rings is 1. The van der Waals surface area contributed by atoms with Crippen LogP contribution in [0.15, 0.2) is 23.5 Å². The lowest BCUT2D eigenvalue weighted by atomic mass is 9.93. The van der Waals surface area contributed by atoms with Crippen LogP contribution in [0.5, 0.6) is 0 Å². The van der Waals surface area contributed by atoms with Gasteiger partial charge in [0.2, 0.25) is 0 Å². The van der Waals surface area contributed by atoms with E-state index in [1.165, 1.54) is 0 Å². The number of nitrogens with zero attached hydrogens (tertiary/aromatic N) is 4. The Morgan fingerprint density at radius 3 is 3.16 bits per heavy atom. The Labute approximate surface area is 113 Å². The van der Waals surface area contributed by atoms with Crippen LogP contribution in [0.3, 0.4) is 0 Å². The van der Waals surface area contributed by atoms with Gasteiger partial charge >= 0.3 is 0 Å². The first-order valence-electron chi connectivity index (χ1n) is 6.55. The maximum Gasteiger partial charge on any atom is 0.140 e. The van der Waals surface area contributed by atoms with Gasteiger partial charge in [0.05, 0.1) is 5.71 Å². The molecule has 1 aromatic heterocycles. The van der Waals surface area contributed by atoms with Gasteiger partial charge in [0.25, 0.3) is 0 Å². The number of likely N-dealkylation sites (tertiary alicyclic amines) is 1. The molecule has 1 aliphatic rings. The molecule has 19 heavy (non-hydrogen) atoms. The fourth-order valence-corrected chi connectivity index (χ4v) is 2.52. The summed E-state index contributed by atoms with van der Waals surface area (Å²) < 4.78 is 0. The lowest BCUT2D eigenvalue weighted by Gasteiger charge is -2.32. The van der Waals surface area contributed by atoms with E-state index >= 15 is 0 Å². The Bertz CT molecular complexity index is 506. The molecule has 0 amide bonds. The lowest BCUT2D eigenvalue weighted by Crippen LogP contribution is -2.40. The van der Waals surface area contributed by atoms with Crippen LogP contribution in [-0.2, 0) is 6.54 Å². The number of rotatable bonds is 3. The molecule has 0 aromatic carbocycles. The van der Waals surface area contributed by atoms with Crippen LogP contribution >= 0.6 is 0 Å². The van der Waals surface area contributed by atoms with Gasteiger partial charge in [-0.05, 0) is 24.1 Å². The van der Waals surface area contributed by atoms with Gasteiger partial charge < -0.3 is 5.21 Å². The van der Waals surface area contributed by atoms with Crippen LogP contribution in [0.4, 0.5) is 0 Å². The summed E-state index contributed by atoms with van der Waals surface area (Å²) in [6, 6.07) is 5.83. The highest BCUT2D eigenvalue weighted by Crippen LogP contribution is 2.19. The number of hydrogen-bond donors (Lipinski definition) is 1. The van der Waals surface area contributed by atoms with E-state index in [2.05, 4.69) is 28.0 Å². The van der Waals surface area contributed by atoms with Gasteiger partial charge in [-0.2, -0.15) is 5.26 Å². The monoisotopic (exact) mass is 258 g/mol. The normalized spacial score (nSPS) is 22.3. The van der Waals surface area contributed by atoms with E-state index in [1.807, 2.05) is 12.1 Å². The molecule has 1 fully saturated rings. The minimum Gasteiger partial charge on any atom is -0.411 e. The van der Waals surface area contributed by atoms with Gasteiger partial charge in [0.1, 0.15) is 11.8 Å². The van der Waals surface area contributed by atoms with Gasteiger partial charge in [-0.3, -0.25) is 4.90 Å². The molecule has 1 unspecified atom stereocenters. The molecule has 2 heterocycles. The molecule has 0 bridgehead atoms. The highest BCUT2D eigenvalue weighted by molar-refractivity contribution is 5.87. The fraction of sp³-hybridized carbons (Fsp3) is 0.500. The molecule has 0 saturated carbocycles. The molecule has 2 rings (SSSR count). The van der Waals surface area contributed by atoms with Crippen molar-refractivity contribution in [1.29, 1.82) is 5.26 Å². The van der Waals surface area contributed by atoms with Crippen LogP contribution in [0.2, 0.25) is 0 Å². The fourth-order valence-electron chi connectivity index (χ4n) is 2.52. The topological polar surface area (TPSA) is 72.5 Å². The zero-order valence-electron chi connectivity index (χ0n) is 11.1. The molecule has 1 N–H and O–H groups in total. The first-order valence-corrected chi connectivity index (χ1v) is 6.55. The summed E-state index contributed by atoms with van der Waals surface area (Å²) in [5, 5.41) is 21.2. The summed E-state index contributed by atoms with van der Waals surface area (Å²) in [6.45, 7) is 4.71. The summed E-state index contributed by atoms with van der Waals surface area (Å²) in [4.78, 5) is 6.31. The van der Waals surface area contributed by atoms with Crippen molar-refractivity contribution in [1.82, 2.24) is 9.88 Å². The van der Waals surface area contributed by atoms with Crippen molar-refractivity contribution in [3.8, 4) is 6.07 Å². The molecule has 1 saturated heterocycles. The molecule has 100 valence electrons. The van der Waals surface area contributed by atoms with Crippen molar-refractivity contribution >= 4 is 5.71 Å². The minimum absolute atomic E-state index is 0.330. The van der Waals surface area contributed by atoms with Crippen molar-refractivity contribution < 1.29 is 5.21 Å². The van der Waals surface area contributed by atoms with Gasteiger partial charge in [0.15, 0.2) is 0 Å². The maximum atomic E-state index is 8.96. The second kappa shape index (κ2) is 6.30. The van der Waals surface area contributed by atoms with Crippen LogP contribution in [0, 0.1) is 17.2 Å². The Hall–Kier alpha value is -1.93. The third-order valence-electron chi connectivity index (χ3n) is 3.60. The Morgan fingerprint density at radius 2 is 2.47 bits per heavy atom. The van der Waals surface area contributed by atoms with E-state index in [9.17, 15) is 0 Å². The third kappa shape index (κ3) is 3.30. The molecule has 1 aliphatic heterocycles. The van der Waals surface area contributed by atoms with E-state index in [4.69, 9.17) is 10.5 Å². The van der Waals surface area contributed by atoms with Crippen molar-refractivity contribution in [2.75, 3.05) is 13.1 Å². The van der Waals surface area contributed by atoms with E-state index < -0.39 is 0 Å².